The van der Waals surface area contributed by atoms with Crippen molar-refractivity contribution >= 4 is 62.4 Å². The number of rotatable bonds is 2. The molecular weight excluding hydrogens is 437 g/mol. The van der Waals surface area contributed by atoms with E-state index in [0.717, 1.165) is 25.9 Å². The van der Waals surface area contributed by atoms with Gasteiger partial charge in [0.1, 0.15) is 3.57 Å². The van der Waals surface area contributed by atoms with E-state index in [1.165, 1.54) is 0 Å². The van der Waals surface area contributed by atoms with Gasteiger partial charge in [0.2, 0.25) is 6.20 Å². The maximum Gasteiger partial charge on any atom is 0.280 e. The van der Waals surface area contributed by atoms with Crippen LogP contribution in [0.5, 0.6) is 0 Å². The highest BCUT2D eigenvalue weighted by Crippen LogP contribution is 2.21. The van der Waals surface area contributed by atoms with E-state index >= 15 is 0 Å². The molecule has 0 radical (unpaired) electrons. The Morgan fingerprint density at radius 3 is 2.83 bits per heavy atom. The summed E-state index contributed by atoms with van der Waals surface area (Å²) in [7, 11) is 1.82. The SMILES string of the molecule is Cc1ccc2cccc(NC(=S)NC(=O)c3[nH][n+](C)cc3I)c2n1. The highest BCUT2D eigenvalue weighted by Gasteiger charge is 2.18. The molecule has 0 fully saturated rings. The summed E-state index contributed by atoms with van der Waals surface area (Å²) in [6, 6.07) is 9.74. The first kappa shape index (κ1) is 16.8. The van der Waals surface area contributed by atoms with Crippen LogP contribution in [0.1, 0.15) is 16.2 Å². The van der Waals surface area contributed by atoms with Gasteiger partial charge in [-0.3, -0.25) is 15.1 Å². The van der Waals surface area contributed by atoms with Crippen LogP contribution in [-0.4, -0.2) is 21.1 Å². The van der Waals surface area contributed by atoms with Crippen molar-refractivity contribution in [1.82, 2.24) is 15.4 Å². The Morgan fingerprint density at radius 1 is 1.33 bits per heavy atom. The molecule has 2 heterocycles. The zero-order valence-corrected chi connectivity index (χ0v) is 16.0. The number of nitrogens with zero attached hydrogens (tertiary/aromatic N) is 2. The predicted molar refractivity (Wildman–Crippen MR) is 105 cm³/mol. The third kappa shape index (κ3) is 3.54. The number of hydrogen-bond donors (Lipinski definition) is 3. The number of aryl methyl sites for hydroxylation is 2. The van der Waals surface area contributed by atoms with Crippen LogP contribution in [0.2, 0.25) is 0 Å². The number of amides is 1. The second-order valence-corrected chi connectivity index (χ2v) is 6.88. The van der Waals surface area contributed by atoms with Crippen molar-refractivity contribution in [1.29, 1.82) is 0 Å². The van der Waals surface area contributed by atoms with Crippen molar-refractivity contribution in [3.05, 3.63) is 51.5 Å². The molecule has 0 atom stereocenters. The number of thiocarbonyl (C=S) groups is 1. The molecule has 122 valence electrons. The highest BCUT2D eigenvalue weighted by atomic mass is 127. The number of para-hydroxylation sites is 1. The van der Waals surface area contributed by atoms with Crippen molar-refractivity contribution < 1.29 is 9.48 Å². The summed E-state index contributed by atoms with van der Waals surface area (Å²) in [5.74, 6) is -0.290. The first-order valence-corrected chi connectivity index (χ1v) is 8.65. The molecule has 0 aliphatic rings. The lowest BCUT2D eigenvalue weighted by atomic mass is 10.2. The molecule has 2 aromatic heterocycles. The van der Waals surface area contributed by atoms with Crippen molar-refractivity contribution in [3.8, 4) is 0 Å². The van der Waals surface area contributed by atoms with Crippen molar-refractivity contribution in [2.45, 2.75) is 6.92 Å². The van der Waals surface area contributed by atoms with Gasteiger partial charge in [0, 0.05) is 11.1 Å². The van der Waals surface area contributed by atoms with E-state index in [4.69, 9.17) is 12.2 Å². The molecule has 1 amide bonds. The molecule has 3 rings (SSSR count). The first-order chi connectivity index (χ1) is 11.4. The second-order valence-electron chi connectivity index (χ2n) is 5.31. The average molecular weight is 452 g/mol. The third-order valence-electron chi connectivity index (χ3n) is 3.40. The number of aromatic amines is 1. The number of hydrogen-bond acceptors (Lipinski definition) is 3. The van der Waals surface area contributed by atoms with Gasteiger partial charge in [0.05, 0.1) is 11.2 Å². The Hall–Kier alpha value is -2.07. The minimum atomic E-state index is -0.290. The van der Waals surface area contributed by atoms with Crippen LogP contribution < -0.4 is 15.3 Å². The standard InChI is InChI=1S/C16H14IN5OS/c1-9-6-7-10-4-3-5-12(13(10)18-9)19-16(24)20-15(23)14-11(17)8-22(2)21-14/h3-8H,1-2H3,(H2,19,20,23,24)/p+1. The van der Waals surface area contributed by atoms with Crippen LogP contribution in [0, 0.1) is 10.5 Å². The van der Waals surface area contributed by atoms with Gasteiger partial charge in [-0.1, -0.05) is 18.2 Å². The van der Waals surface area contributed by atoms with E-state index < -0.39 is 0 Å². The van der Waals surface area contributed by atoms with E-state index in [2.05, 4.69) is 43.3 Å². The largest absolute Gasteiger partial charge is 0.331 e. The average Bonchev–Trinajstić information content (AvgIpc) is 2.86. The molecule has 24 heavy (non-hydrogen) atoms. The van der Waals surface area contributed by atoms with Gasteiger partial charge >= 0.3 is 0 Å². The summed E-state index contributed by atoms with van der Waals surface area (Å²) in [5, 5.41) is 9.91. The molecule has 0 aliphatic carbocycles. The van der Waals surface area contributed by atoms with Gasteiger partial charge in [0.15, 0.2) is 17.9 Å². The molecule has 6 nitrogen and oxygen atoms in total. The molecular formula is C16H15IN5OS+. The summed E-state index contributed by atoms with van der Waals surface area (Å²) in [6.45, 7) is 1.93. The van der Waals surface area contributed by atoms with Gasteiger partial charge < -0.3 is 5.32 Å². The highest BCUT2D eigenvalue weighted by molar-refractivity contribution is 14.1. The Balaban J connectivity index is 1.79. The summed E-state index contributed by atoms with van der Waals surface area (Å²) in [6.07, 6.45) is 1.82. The lowest BCUT2D eigenvalue weighted by molar-refractivity contribution is -0.727. The van der Waals surface area contributed by atoms with E-state index in [-0.39, 0.29) is 11.0 Å². The summed E-state index contributed by atoms with van der Waals surface area (Å²) < 4.78 is 2.53. The number of anilines is 1. The summed E-state index contributed by atoms with van der Waals surface area (Å²) in [4.78, 5) is 16.8. The topological polar surface area (TPSA) is 73.7 Å². The van der Waals surface area contributed by atoms with E-state index in [0.29, 0.717) is 5.69 Å². The van der Waals surface area contributed by atoms with Crippen LogP contribution in [0.4, 0.5) is 5.69 Å². The maximum absolute atomic E-state index is 12.3. The number of fused-ring (bicyclic) bond motifs is 1. The van der Waals surface area contributed by atoms with Gasteiger partial charge in [-0.25, -0.2) is 0 Å². The summed E-state index contributed by atoms with van der Waals surface area (Å²) in [5.41, 5.74) is 2.96. The van der Waals surface area contributed by atoms with Crippen molar-refractivity contribution in [2.24, 2.45) is 7.05 Å². The molecule has 3 aromatic rings. The fourth-order valence-electron chi connectivity index (χ4n) is 2.32. The minimum absolute atomic E-state index is 0.226. The number of H-pyrrole nitrogens is 1. The third-order valence-corrected chi connectivity index (χ3v) is 4.42. The number of nitrogens with one attached hydrogen (secondary N) is 3. The maximum atomic E-state index is 12.3. The monoisotopic (exact) mass is 452 g/mol. The van der Waals surface area contributed by atoms with Crippen molar-refractivity contribution in [2.75, 3.05) is 5.32 Å². The first-order valence-electron chi connectivity index (χ1n) is 7.17. The molecule has 8 heteroatoms. The van der Waals surface area contributed by atoms with Gasteiger partial charge in [-0.15, -0.1) is 4.68 Å². The van der Waals surface area contributed by atoms with Crippen LogP contribution >= 0.6 is 34.8 Å². The number of aromatic nitrogens is 3. The Kier molecular flexibility index (Phi) is 4.76. The second kappa shape index (κ2) is 6.81. The lowest BCUT2D eigenvalue weighted by Crippen LogP contribution is -2.36. The zero-order valence-electron chi connectivity index (χ0n) is 13.1. The fraction of sp³-hybridized carbons (Fsp3) is 0.125. The molecule has 0 aliphatic heterocycles. The number of pyridine rings is 1. The van der Waals surface area contributed by atoms with Crippen LogP contribution in [0.25, 0.3) is 10.9 Å². The van der Waals surface area contributed by atoms with E-state index in [1.54, 1.807) is 4.68 Å². The quantitative estimate of drug-likeness (QED) is 0.317. The molecule has 3 N–H and O–H groups in total. The van der Waals surface area contributed by atoms with Crippen LogP contribution in [0.15, 0.2) is 36.5 Å². The molecule has 1 aromatic carbocycles. The Morgan fingerprint density at radius 2 is 2.12 bits per heavy atom. The molecule has 0 unspecified atom stereocenters. The molecule has 0 bridgehead atoms. The van der Waals surface area contributed by atoms with Crippen LogP contribution in [0.3, 0.4) is 0 Å². The number of carbonyl (C=O) groups excluding carboxylic acids is 1. The van der Waals surface area contributed by atoms with Gasteiger partial charge in [-0.2, -0.15) is 5.10 Å². The fourth-order valence-corrected chi connectivity index (χ4v) is 3.31. The Labute approximate surface area is 157 Å². The van der Waals surface area contributed by atoms with E-state index in [1.807, 2.05) is 50.5 Å². The summed E-state index contributed by atoms with van der Waals surface area (Å²) >= 11 is 7.36. The predicted octanol–water partition coefficient (Wildman–Crippen LogP) is 2.43. The zero-order chi connectivity index (χ0) is 17.3. The van der Waals surface area contributed by atoms with Crippen LogP contribution in [-0.2, 0) is 7.05 Å². The molecule has 0 saturated heterocycles. The van der Waals surface area contributed by atoms with Crippen molar-refractivity contribution in [3.63, 3.8) is 0 Å². The number of carbonyl (C=O) groups is 1. The number of benzene rings is 1. The lowest BCUT2D eigenvalue weighted by Gasteiger charge is -2.11. The molecule has 0 saturated carbocycles. The number of halogens is 1. The normalized spacial score (nSPS) is 10.6. The minimum Gasteiger partial charge on any atom is -0.331 e. The van der Waals surface area contributed by atoms with E-state index in [9.17, 15) is 4.79 Å². The molecule has 0 spiro atoms. The van der Waals surface area contributed by atoms with Gasteiger partial charge in [0.25, 0.3) is 5.91 Å². The van der Waals surface area contributed by atoms with Gasteiger partial charge in [-0.05, 0) is 53.9 Å². The Bertz CT molecular complexity index is 953. The smallest absolute Gasteiger partial charge is 0.280 e.